The summed E-state index contributed by atoms with van der Waals surface area (Å²) in [6.45, 7) is 1.35. The number of para-hydroxylation sites is 2. The molecule has 1 heterocycles. The number of nitrogens with zero attached hydrogens (tertiary/aromatic N) is 2. The maximum Gasteiger partial charge on any atom is 0.253 e. The molecule has 1 aromatic carbocycles. The monoisotopic (exact) mass is 288 g/mol. The van der Waals surface area contributed by atoms with Crippen LogP contribution in [-0.4, -0.2) is 38.6 Å². The Bertz CT molecular complexity index is 554. The van der Waals surface area contributed by atoms with Gasteiger partial charge in [0.1, 0.15) is 6.61 Å². The predicted molar refractivity (Wildman–Crippen MR) is 80.4 cm³/mol. The molecule has 2 aliphatic rings. The Morgan fingerprint density at radius 1 is 1.14 bits per heavy atom. The van der Waals surface area contributed by atoms with Gasteiger partial charge in [0.05, 0.1) is 11.4 Å². The predicted octanol–water partition coefficient (Wildman–Crippen LogP) is 1.81. The molecule has 0 atom stereocenters. The first-order valence-electron chi connectivity index (χ1n) is 7.42. The van der Waals surface area contributed by atoms with Crippen molar-refractivity contribution in [2.24, 2.45) is 5.92 Å². The Kier molecular flexibility index (Phi) is 3.92. The first kappa shape index (κ1) is 14.1. The second-order valence-corrected chi connectivity index (χ2v) is 5.58. The molecule has 0 saturated heterocycles. The minimum absolute atomic E-state index is 0.0604. The quantitative estimate of drug-likeness (QED) is 0.852. The van der Waals surface area contributed by atoms with Gasteiger partial charge >= 0.3 is 0 Å². The van der Waals surface area contributed by atoms with E-state index < -0.39 is 0 Å². The zero-order valence-electron chi connectivity index (χ0n) is 12.2. The average Bonchev–Trinajstić information content (AvgIpc) is 3.33. The number of ether oxygens (including phenoxy) is 1. The SMILES string of the molecule is COCC(=O)N1CCCN(C(=O)C2CC2)c2ccccc21. The smallest absolute Gasteiger partial charge is 0.253 e. The minimum Gasteiger partial charge on any atom is -0.375 e. The summed E-state index contributed by atoms with van der Waals surface area (Å²) in [6.07, 6.45) is 2.76. The molecule has 112 valence electrons. The van der Waals surface area contributed by atoms with E-state index >= 15 is 0 Å². The van der Waals surface area contributed by atoms with Gasteiger partial charge in [0, 0.05) is 26.1 Å². The number of methoxy groups -OCH3 is 1. The number of hydrogen-bond acceptors (Lipinski definition) is 3. The van der Waals surface area contributed by atoms with E-state index in [9.17, 15) is 9.59 Å². The third kappa shape index (κ3) is 2.78. The molecule has 0 bridgehead atoms. The summed E-state index contributed by atoms with van der Waals surface area (Å²) in [5, 5.41) is 0. The Balaban J connectivity index is 1.94. The molecule has 3 rings (SSSR count). The molecule has 1 saturated carbocycles. The highest BCUT2D eigenvalue weighted by molar-refractivity contribution is 6.04. The van der Waals surface area contributed by atoms with Crippen molar-refractivity contribution in [2.75, 3.05) is 36.6 Å². The fourth-order valence-electron chi connectivity index (χ4n) is 2.79. The van der Waals surface area contributed by atoms with Crippen LogP contribution in [0.15, 0.2) is 24.3 Å². The molecule has 1 aromatic rings. The number of amides is 2. The highest BCUT2D eigenvalue weighted by atomic mass is 16.5. The number of benzene rings is 1. The number of rotatable bonds is 3. The van der Waals surface area contributed by atoms with Gasteiger partial charge in [-0.15, -0.1) is 0 Å². The van der Waals surface area contributed by atoms with Crippen molar-refractivity contribution < 1.29 is 14.3 Å². The van der Waals surface area contributed by atoms with Gasteiger partial charge in [-0.1, -0.05) is 12.1 Å². The van der Waals surface area contributed by atoms with Crippen molar-refractivity contribution in [3.63, 3.8) is 0 Å². The van der Waals surface area contributed by atoms with E-state index in [2.05, 4.69) is 0 Å². The van der Waals surface area contributed by atoms with Crippen molar-refractivity contribution in [3.05, 3.63) is 24.3 Å². The van der Waals surface area contributed by atoms with E-state index in [0.717, 1.165) is 30.6 Å². The summed E-state index contributed by atoms with van der Waals surface area (Å²) in [4.78, 5) is 28.3. The molecule has 1 fully saturated rings. The molecule has 0 aromatic heterocycles. The van der Waals surface area contributed by atoms with Gasteiger partial charge in [-0.05, 0) is 31.4 Å². The number of anilines is 2. The first-order chi connectivity index (χ1) is 10.2. The Morgan fingerprint density at radius 3 is 2.38 bits per heavy atom. The van der Waals surface area contributed by atoms with E-state index in [1.807, 2.05) is 29.2 Å². The number of carbonyl (C=O) groups excluding carboxylic acids is 2. The van der Waals surface area contributed by atoms with Gasteiger partial charge in [0.2, 0.25) is 5.91 Å². The summed E-state index contributed by atoms with van der Waals surface area (Å²) in [5.41, 5.74) is 1.66. The molecule has 5 heteroatoms. The van der Waals surface area contributed by atoms with Crippen LogP contribution in [0.25, 0.3) is 0 Å². The topological polar surface area (TPSA) is 49.9 Å². The lowest BCUT2D eigenvalue weighted by atomic mass is 10.2. The van der Waals surface area contributed by atoms with Gasteiger partial charge in [0.15, 0.2) is 0 Å². The standard InChI is InChI=1S/C16H20N2O3/c1-21-11-15(19)17-9-4-10-18(16(20)12-7-8-12)14-6-3-2-5-13(14)17/h2-3,5-6,12H,4,7-11H2,1H3. The van der Waals surface area contributed by atoms with E-state index in [1.165, 1.54) is 7.11 Å². The van der Waals surface area contributed by atoms with E-state index in [0.29, 0.717) is 13.1 Å². The molecule has 1 aliphatic carbocycles. The molecule has 21 heavy (non-hydrogen) atoms. The third-order valence-corrected chi connectivity index (χ3v) is 3.99. The van der Waals surface area contributed by atoms with Gasteiger partial charge < -0.3 is 14.5 Å². The average molecular weight is 288 g/mol. The highest BCUT2D eigenvalue weighted by Gasteiger charge is 2.36. The van der Waals surface area contributed by atoms with Crippen LogP contribution < -0.4 is 9.80 Å². The Hall–Kier alpha value is -1.88. The molecular weight excluding hydrogens is 268 g/mol. The third-order valence-electron chi connectivity index (χ3n) is 3.99. The fourth-order valence-corrected chi connectivity index (χ4v) is 2.79. The molecule has 1 aliphatic heterocycles. The highest BCUT2D eigenvalue weighted by Crippen LogP contribution is 2.37. The second kappa shape index (κ2) is 5.85. The Morgan fingerprint density at radius 2 is 1.76 bits per heavy atom. The van der Waals surface area contributed by atoms with E-state index in [-0.39, 0.29) is 24.3 Å². The minimum atomic E-state index is -0.0642. The van der Waals surface area contributed by atoms with E-state index in [4.69, 9.17) is 4.74 Å². The molecule has 2 amide bonds. The molecule has 0 radical (unpaired) electrons. The van der Waals surface area contributed by atoms with Crippen LogP contribution in [0.4, 0.5) is 11.4 Å². The van der Waals surface area contributed by atoms with Crippen LogP contribution in [0.2, 0.25) is 0 Å². The zero-order valence-corrected chi connectivity index (χ0v) is 12.2. The Labute approximate surface area is 124 Å². The zero-order chi connectivity index (χ0) is 14.8. The summed E-state index contributed by atoms with van der Waals surface area (Å²) < 4.78 is 4.96. The van der Waals surface area contributed by atoms with Crippen molar-refractivity contribution in [1.82, 2.24) is 0 Å². The van der Waals surface area contributed by atoms with Crippen LogP contribution in [0.3, 0.4) is 0 Å². The molecule has 0 N–H and O–H groups in total. The normalized spacial score (nSPS) is 18.1. The first-order valence-corrected chi connectivity index (χ1v) is 7.42. The maximum atomic E-state index is 12.5. The fraction of sp³-hybridized carbons (Fsp3) is 0.500. The molecular formula is C16H20N2O3. The lowest BCUT2D eigenvalue weighted by Crippen LogP contribution is -2.34. The van der Waals surface area contributed by atoms with Crippen molar-refractivity contribution in [3.8, 4) is 0 Å². The van der Waals surface area contributed by atoms with Crippen LogP contribution in [0, 0.1) is 5.92 Å². The number of fused-ring (bicyclic) bond motifs is 1. The van der Waals surface area contributed by atoms with Crippen molar-refractivity contribution in [2.45, 2.75) is 19.3 Å². The van der Waals surface area contributed by atoms with Crippen LogP contribution >= 0.6 is 0 Å². The van der Waals surface area contributed by atoms with Crippen LogP contribution in [0.5, 0.6) is 0 Å². The van der Waals surface area contributed by atoms with Gasteiger partial charge in [-0.3, -0.25) is 9.59 Å². The lowest BCUT2D eigenvalue weighted by molar-refractivity contribution is -0.122. The van der Waals surface area contributed by atoms with Crippen LogP contribution in [0.1, 0.15) is 19.3 Å². The molecule has 0 spiro atoms. The summed E-state index contributed by atoms with van der Waals surface area (Å²) in [7, 11) is 1.52. The number of carbonyl (C=O) groups is 2. The van der Waals surface area contributed by atoms with Gasteiger partial charge in [0.25, 0.3) is 5.91 Å². The molecule has 5 nitrogen and oxygen atoms in total. The summed E-state index contributed by atoms with van der Waals surface area (Å²) >= 11 is 0. The van der Waals surface area contributed by atoms with Crippen molar-refractivity contribution in [1.29, 1.82) is 0 Å². The summed E-state index contributed by atoms with van der Waals surface area (Å²) in [6, 6.07) is 7.64. The second-order valence-electron chi connectivity index (χ2n) is 5.58. The summed E-state index contributed by atoms with van der Waals surface area (Å²) in [5.74, 6) is 0.313. The lowest BCUT2D eigenvalue weighted by Gasteiger charge is -2.25. The number of hydrogen-bond donors (Lipinski definition) is 0. The van der Waals surface area contributed by atoms with Gasteiger partial charge in [-0.25, -0.2) is 0 Å². The van der Waals surface area contributed by atoms with Crippen molar-refractivity contribution >= 4 is 23.2 Å². The molecule has 0 unspecified atom stereocenters. The van der Waals surface area contributed by atoms with Gasteiger partial charge in [-0.2, -0.15) is 0 Å². The largest absolute Gasteiger partial charge is 0.375 e. The van der Waals surface area contributed by atoms with Crippen LogP contribution in [-0.2, 0) is 14.3 Å². The maximum absolute atomic E-state index is 12.5. The van der Waals surface area contributed by atoms with E-state index in [1.54, 1.807) is 4.90 Å².